The van der Waals surface area contributed by atoms with Gasteiger partial charge in [0, 0.05) is 30.2 Å². The zero-order valence-corrected chi connectivity index (χ0v) is 12.7. The third kappa shape index (κ3) is 3.08. The molecule has 0 radical (unpaired) electrons. The van der Waals surface area contributed by atoms with Gasteiger partial charge in [-0.2, -0.15) is 0 Å². The van der Waals surface area contributed by atoms with Gasteiger partial charge in [-0.1, -0.05) is 6.07 Å². The number of hydrogen-bond donors (Lipinski definition) is 2. The van der Waals surface area contributed by atoms with E-state index < -0.39 is 6.10 Å². The second-order valence-electron chi connectivity index (χ2n) is 5.56. The number of aliphatic hydroxyl groups excluding tert-OH is 1. The zero-order chi connectivity index (χ0) is 15.5. The van der Waals surface area contributed by atoms with E-state index in [1.54, 1.807) is 4.90 Å². The standard InChI is InChI=1S/C16H21N3O3/c1-2-19-11-18(9-16(19)21)8-12(20)10-22-15-5-3-4-14-13(15)6-7-17-14/h3-7,12,17,20H,2,8-11H2,1H3/t12-/m1/s1. The number of H-pyrrole nitrogens is 1. The second kappa shape index (κ2) is 6.37. The number of aromatic nitrogens is 1. The highest BCUT2D eigenvalue weighted by Gasteiger charge is 2.27. The Bertz CT molecular complexity index is 655. The highest BCUT2D eigenvalue weighted by atomic mass is 16.5. The topological polar surface area (TPSA) is 68.8 Å². The van der Waals surface area contributed by atoms with Gasteiger partial charge in [-0.05, 0) is 25.1 Å². The Morgan fingerprint density at radius 3 is 3.05 bits per heavy atom. The first kappa shape index (κ1) is 14.9. The van der Waals surface area contributed by atoms with Crippen LogP contribution in [0.1, 0.15) is 6.92 Å². The fraction of sp³-hybridized carbons (Fsp3) is 0.438. The van der Waals surface area contributed by atoms with E-state index in [0.717, 1.165) is 16.7 Å². The predicted molar refractivity (Wildman–Crippen MR) is 83.6 cm³/mol. The van der Waals surface area contributed by atoms with Crippen LogP contribution in [0.3, 0.4) is 0 Å². The Morgan fingerprint density at radius 2 is 2.27 bits per heavy atom. The van der Waals surface area contributed by atoms with Crippen molar-refractivity contribution in [1.29, 1.82) is 0 Å². The summed E-state index contributed by atoms with van der Waals surface area (Å²) >= 11 is 0. The molecule has 0 aliphatic carbocycles. The van der Waals surface area contributed by atoms with Crippen molar-refractivity contribution in [3.8, 4) is 5.75 Å². The number of aliphatic hydroxyl groups is 1. The summed E-state index contributed by atoms with van der Waals surface area (Å²) in [6, 6.07) is 7.74. The van der Waals surface area contributed by atoms with E-state index >= 15 is 0 Å². The van der Waals surface area contributed by atoms with Crippen LogP contribution < -0.4 is 4.74 Å². The largest absolute Gasteiger partial charge is 0.490 e. The number of likely N-dealkylation sites (N-methyl/N-ethyl adjacent to an activating group) is 1. The van der Waals surface area contributed by atoms with Crippen LogP contribution in [0.5, 0.6) is 5.75 Å². The first-order valence-electron chi connectivity index (χ1n) is 7.54. The third-order valence-corrected chi connectivity index (χ3v) is 3.92. The molecule has 1 atom stereocenters. The fourth-order valence-electron chi connectivity index (χ4n) is 2.78. The summed E-state index contributed by atoms with van der Waals surface area (Å²) in [5, 5.41) is 11.1. The minimum atomic E-state index is -0.626. The first-order valence-corrected chi connectivity index (χ1v) is 7.54. The van der Waals surface area contributed by atoms with Gasteiger partial charge in [-0.3, -0.25) is 9.69 Å². The first-order chi connectivity index (χ1) is 10.7. The van der Waals surface area contributed by atoms with Crippen molar-refractivity contribution in [2.75, 3.05) is 32.9 Å². The van der Waals surface area contributed by atoms with E-state index in [-0.39, 0.29) is 12.5 Å². The van der Waals surface area contributed by atoms with Gasteiger partial charge < -0.3 is 19.7 Å². The SMILES string of the molecule is CCN1CN(C[C@@H](O)COc2cccc3[nH]ccc23)CC1=O. The normalized spacial score (nSPS) is 17.4. The van der Waals surface area contributed by atoms with Crippen LogP contribution in [-0.2, 0) is 4.79 Å². The van der Waals surface area contributed by atoms with Crippen LogP contribution >= 0.6 is 0 Å². The maximum atomic E-state index is 11.7. The van der Waals surface area contributed by atoms with Gasteiger partial charge in [0.25, 0.3) is 0 Å². The highest BCUT2D eigenvalue weighted by Crippen LogP contribution is 2.24. The molecule has 1 aliphatic heterocycles. The average Bonchev–Trinajstić information content (AvgIpc) is 3.11. The number of hydrogen-bond acceptors (Lipinski definition) is 4. The fourth-order valence-corrected chi connectivity index (χ4v) is 2.78. The molecule has 0 saturated carbocycles. The van der Waals surface area contributed by atoms with E-state index in [2.05, 4.69) is 4.98 Å². The molecule has 3 rings (SSSR count). The van der Waals surface area contributed by atoms with E-state index in [9.17, 15) is 9.90 Å². The maximum Gasteiger partial charge on any atom is 0.237 e. The lowest BCUT2D eigenvalue weighted by molar-refractivity contribution is -0.126. The zero-order valence-electron chi connectivity index (χ0n) is 12.7. The molecular weight excluding hydrogens is 282 g/mol. The van der Waals surface area contributed by atoms with Crippen molar-refractivity contribution in [2.45, 2.75) is 13.0 Å². The molecule has 0 unspecified atom stereocenters. The lowest BCUT2D eigenvalue weighted by Crippen LogP contribution is -2.35. The Kier molecular flexibility index (Phi) is 4.31. The van der Waals surface area contributed by atoms with E-state index in [0.29, 0.717) is 26.3 Å². The van der Waals surface area contributed by atoms with E-state index in [4.69, 9.17) is 4.74 Å². The number of amides is 1. The van der Waals surface area contributed by atoms with Crippen LogP contribution in [0.4, 0.5) is 0 Å². The summed E-state index contributed by atoms with van der Waals surface area (Å²) in [5.74, 6) is 0.873. The molecular formula is C16H21N3O3. The summed E-state index contributed by atoms with van der Waals surface area (Å²) in [4.78, 5) is 18.5. The molecule has 118 valence electrons. The van der Waals surface area contributed by atoms with Crippen molar-refractivity contribution in [3.63, 3.8) is 0 Å². The molecule has 0 bridgehead atoms. The number of aromatic amines is 1. The van der Waals surface area contributed by atoms with Crippen LogP contribution in [-0.4, -0.2) is 64.8 Å². The van der Waals surface area contributed by atoms with Crippen molar-refractivity contribution in [1.82, 2.24) is 14.8 Å². The summed E-state index contributed by atoms with van der Waals surface area (Å²) in [5.41, 5.74) is 1.01. The number of rotatable bonds is 6. The Balaban J connectivity index is 1.53. The molecule has 1 amide bonds. The lowest BCUT2D eigenvalue weighted by atomic mass is 10.2. The van der Waals surface area contributed by atoms with Crippen molar-refractivity contribution < 1.29 is 14.6 Å². The number of benzene rings is 1. The molecule has 1 saturated heterocycles. The van der Waals surface area contributed by atoms with E-state index in [1.165, 1.54) is 0 Å². The summed E-state index contributed by atoms with van der Waals surface area (Å²) in [7, 11) is 0. The molecule has 1 aromatic carbocycles. The Hall–Kier alpha value is -2.05. The Labute approximate surface area is 129 Å². The Morgan fingerprint density at radius 1 is 1.41 bits per heavy atom. The molecule has 2 N–H and O–H groups in total. The number of nitrogens with zero attached hydrogens (tertiary/aromatic N) is 2. The minimum absolute atomic E-state index is 0.118. The molecule has 1 aromatic heterocycles. The van der Waals surface area contributed by atoms with Crippen LogP contribution in [0, 0.1) is 0 Å². The van der Waals surface area contributed by atoms with Crippen LogP contribution in [0.2, 0.25) is 0 Å². The van der Waals surface area contributed by atoms with Gasteiger partial charge in [0.15, 0.2) is 0 Å². The molecule has 6 nitrogen and oxygen atoms in total. The molecule has 6 heteroatoms. The molecule has 22 heavy (non-hydrogen) atoms. The predicted octanol–water partition coefficient (Wildman–Crippen LogP) is 1.03. The van der Waals surface area contributed by atoms with Crippen LogP contribution in [0.25, 0.3) is 10.9 Å². The third-order valence-electron chi connectivity index (χ3n) is 3.92. The molecule has 2 aromatic rings. The van der Waals surface area contributed by atoms with Gasteiger partial charge >= 0.3 is 0 Å². The van der Waals surface area contributed by atoms with Crippen molar-refractivity contribution in [3.05, 3.63) is 30.5 Å². The van der Waals surface area contributed by atoms with Gasteiger partial charge in [0.2, 0.25) is 5.91 Å². The number of β-amino-alcohol motifs (C(OH)–C–C–N with tert-alkyl or cyclic N) is 1. The summed E-state index contributed by atoms with van der Waals surface area (Å²) < 4.78 is 5.73. The maximum absolute atomic E-state index is 11.7. The number of carbonyl (C=O) groups excluding carboxylic acids is 1. The van der Waals surface area contributed by atoms with Gasteiger partial charge in [0.1, 0.15) is 18.5 Å². The van der Waals surface area contributed by atoms with Gasteiger partial charge in [-0.15, -0.1) is 0 Å². The molecule has 1 aliphatic rings. The second-order valence-corrected chi connectivity index (χ2v) is 5.56. The number of carbonyl (C=O) groups is 1. The van der Waals surface area contributed by atoms with Gasteiger partial charge in [0.05, 0.1) is 13.2 Å². The molecule has 2 heterocycles. The monoisotopic (exact) mass is 303 g/mol. The number of ether oxygens (including phenoxy) is 1. The van der Waals surface area contributed by atoms with Crippen molar-refractivity contribution >= 4 is 16.8 Å². The molecule has 0 spiro atoms. The van der Waals surface area contributed by atoms with Crippen LogP contribution in [0.15, 0.2) is 30.5 Å². The molecule has 1 fully saturated rings. The summed E-state index contributed by atoms with van der Waals surface area (Å²) in [6.07, 6.45) is 1.24. The number of nitrogens with one attached hydrogen (secondary N) is 1. The highest BCUT2D eigenvalue weighted by molar-refractivity contribution is 5.85. The smallest absolute Gasteiger partial charge is 0.237 e. The minimum Gasteiger partial charge on any atom is -0.490 e. The quantitative estimate of drug-likeness (QED) is 0.836. The van der Waals surface area contributed by atoms with Gasteiger partial charge in [-0.25, -0.2) is 0 Å². The lowest BCUT2D eigenvalue weighted by Gasteiger charge is -2.20. The van der Waals surface area contributed by atoms with Crippen molar-refractivity contribution in [2.24, 2.45) is 0 Å². The summed E-state index contributed by atoms with van der Waals surface area (Å²) in [6.45, 7) is 4.26. The number of fused-ring (bicyclic) bond motifs is 1. The average molecular weight is 303 g/mol. The van der Waals surface area contributed by atoms with E-state index in [1.807, 2.05) is 42.3 Å².